The van der Waals surface area contributed by atoms with E-state index >= 15 is 4.39 Å². The molecule has 2 atom stereocenters. The smallest absolute Gasteiger partial charge is 0.411 e. The summed E-state index contributed by atoms with van der Waals surface area (Å²) in [5.41, 5.74) is 7.65. The summed E-state index contributed by atoms with van der Waals surface area (Å²) in [7, 11) is 1.26. The molecule has 5 rings (SSSR count). The Labute approximate surface area is 252 Å². The van der Waals surface area contributed by atoms with Crippen molar-refractivity contribution in [3.63, 3.8) is 0 Å². The predicted molar refractivity (Wildman–Crippen MR) is 163 cm³/mol. The largest absolute Gasteiger partial charge is 0.491 e. The minimum Gasteiger partial charge on any atom is -0.491 e. The highest BCUT2D eigenvalue weighted by atomic mass is 32.1. The topological polar surface area (TPSA) is 119 Å². The molecule has 1 aliphatic rings. The molecule has 4 aromatic rings. The number of carbonyl (C=O) groups is 2. The molecule has 9 nitrogen and oxygen atoms in total. The maximum Gasteiger partial charge on any atom is 0.411 e. The number of nitrogens with two attached hydrogens (primary N) is 1. The Hall–Kier alpha value is -4.58. The molecular weight excluding hydrogens is 576 g/mol. The fourth-order valence-corrected chi connectivity index (χ4v) is 5.64. The second-order valence-electron chi connectivity index (χ2n) is 10.0. The van der Waals surface area contributed by atoms with Gasteiger partial charge in [0.05, 0.1) is 19.8 Å². The normalized spacial score (nSPS) is 15.3. The number of carbonyl (C=O) groups excluding carboxylic acids is 2. The fraction of sp³-hybridized carbons (Fsp3) is 0.258. The fourth-order valence-electron chi connectivity index (χ4n) is 5.35. The summed E-state index contributed by atoms with van der Waals surface area (Å²) in [6.45, 7) is 2.24. The number of amides is 2. The van der Waals surface area contributed by atoms with Crippen molar-refractivity contribution >= 4 is 52.6 Å². The van der Waals surface area contributed by atoms with E-state index in [0.717, 1.165) is 16.8 Å². The molecule has 2 heterocycles. The SMILES string of the molecule is CCOc1cc([C@@H](Nc2ccc3c(N)nccc3c2)C(=O)N2CCC[C@@H]2c2cc(NC(=O)OC)ccc2S)c(F)cc1F. The molecule has 3 aromatic carbocycles. The molecule has 224 valence electrons. The van der Waals surface area contributed by atoms with Crippen LogP contribution in [0.15, 0.2) is 65.7 Å². The molecule has 0 unspecified atom stereocenters. The first-order valence-electron chi connectivity index (χ1n) is 13.7. The van der Waals surface area contributed by atoms with Crippen molar-refractivity contribution in [3.05, 3.63) is 83.6 Å². The lowest BCUT2D eigenvalue weighted by molar-refractivity contribution is -0.133. The van der Waals surface area contributed by atoms with Crippen LogP contribution in [0.5, 0.6) is 5.75 Å². The maximum atomic E-state index is 15.5. The van der Waals surface area contributed by atoms with Gasteiger partial charge in [-0.2, -0.15) is 0 Å². The molecular formula is C31H31F2N5O4S. The van der Waals surface area contributed by atoms with Crippen LogP contribution >= 0.6 is 12.6 Å². The molecule has 0 spiro atoms. The van der Waals surface area contributed by atoms with E-state index in [1.54, 1.807) is 60.5 Å². The molecule has 0 saturated carbocycles. The zero-order chi connectivity index (χ0) is 30.7. The molecule has 2 amide bonds. The van der Waals surface area contributed by atoms with Gasteiger partial charge < -0.3 is 25.4 Å². The summed E-state index contributed by atoms with van der Waals surface area (Å²) in [4.78, 5) is 32.6. The second kappa shape index (κ2) is 12.7. The Kier molecular flexibility index (Phi) is 8.86. The Bertz CT molecular complexity index is 1690. The van der Waals surface area contributed by atoms with Gasteiger partial charge in [0.25, 0.3) is 0 Å². The van der Waals surface area contributed by atoms with Crippen LogP contribution in [0.25, 0.3) is 10.8 Å². The number of nitrogen functional groups attached to an aromatic ring is 1. The van der Waals surface area contributed by atoms with E-state index in [4.69, 9.17) is 15.2 Å². The van der Waals surface area contributed by atoms with Crippen LogP contribution in [0.2, 0.25) is 0 Å². The molecule has 1 aromatic heterocycles. The first-order valence-corrected chi connectivity index (χ1v) is 14.2. The monoisotopic (exact) mass is 607 g/mol. The molecule has 1 aliphatic heterocycles. The van der Waals surface area contributed by atoms with Crippen molar-refractivity contribution in [1.29, 1.82) is 0 Å². The molecule has 0 bridgehead atoms. The van der Waals surface area contributed by atoms with Gasteiger partial charge in [-0.1, -0.05) is 0 Å². The van der Waals surface area contributed by atoms with Crippen molar-refractivity contribution in [1.82, 2.24) is 9.88 Å². The summed E-state index contributed by atoms with van der Waals surface area (Å²) < 4.78 is 40.1. The van der Waals surface area contributed by atoms with Gasteiger partial charge in [0.15, 0.2) is 11.6 Å². The number of benzene rings is 3. The van der Waals surface area contributed by atoms with Gasteiger partial charge in [0.1, 0.15) is 17.7 Å². The van der Waals surface area contributed by atoms with E-state index in [-0.39, 0.29) is 17.9 Å². The zero-order valence-corrected chi connectivity index (χ0v) is 24.5. The van der Waals surface area contributed by atoms with Crippen LogP contribution in [-0.2, 0) is 9.53 Å². The predicted octanol–water partition coefficient (Wildman–Crippen LogP) is 6.48. The first kappa shape index (κ1) is 29.9. The molecule has 1 fully saturated rings. The number of halogens is 2. The third-order valence-electron chi connectivity index (χ3n) is 7.37. The lowest BCUT2D eigenvalue weighted by atomic mass is 10.00. The number of rotatable bonds is 8. The van der Waals surface area contributed by atoms with Gasteiger partial charge >= 0.3 is 6.09 Å². The van der Waals surface area contributed by atoms with E-state index in [1.807, 2.05) is 0 Å². The highest BCUT2D eigenvalue weighted by molar-refractivity contribution is 7.80. The number of hydrogen-bond donors (Lipinski definition) is 4. The lowest BCUT2D eigenvalue weighted by Crippen LogP contribution is -2.38. The van der Waals surface area contributed by atoms with Crippen LogP contribution in [0, 0.1) is 11.6 Å². The van der Waals surface area contributed by atoms with Crippen LogP contribution in [-0.4, -0.2) is 42.1 Å². The second-order valence-corrected chi connectivity index (χ2v) is 10.5. The van der Waals surface area contributed by atoms with Gasteiger partial charge in [-0.25, -0.2) is 18.6 Å². The number of nitrogens with zero attached hydrogens (tertiary/aromatic N) is 2. The lowest BCUT2D eigenvalue weighted by Gasteiger charge is -2.31. The van der Waals surface area contributed by atoms with Crippen molar-refractivity contribution in [2.24, 2.45) is 0 Å². The van der Waals surface area contributed by atoms with E-state index in [0.29, 0.717) is 47.0 Å². The molecule has 43 heavy (non-hydrogen) atoms. The number of nitrogens with one attached hydrogen (secondary N) is 2. The van der Waals surface area contributed by atoms with Crippen molar-refractivity contribution < 1.29 is 27.8 Å². The Morgan fingerprint density at radius 3 is 2.67 bits per heavy atom. The summed E-state index contributed by atoms with van der Waals surface area (Å²) >= 11 is 4.62. The highest BCUT2D eigenvalue weighted by Gasteiger charge is 2.37. The van der Waals surface area contributed by atoms with E-state index in [1.165, 1.54) is 13.2 Å². The van der Waals surface area contributed by atoms with Gasteiger partial charge in [-0.3, -0.25) is 10.1 Å². The molecule has 0 aliphatic carbocycles. The molecule has 0 radical (unpaired) electrons. The highest BCUT2D eigenvalue weighted by Crippen LogP contribution is 2.40. The molecule has 1 saturated heterocycles. The number of ether oxygens (including phenoxy) is 2. The standard InChI is InChI=1S/C31H31F2N5O4S/c1-3-42-26-15-21(23(32)16-24(26)33)28(36-18-6-8-20-17(13-18)10-11-35-29(20)34)30(39)38-12-4-5-25(38)22-14-19(7-9-27(22)43)37-31(40)41-2/h6-11,13-16,25,28,36,43H,3-5,12H2,1-2H3,(H2,34,35)(H,37,40)/t25-,28-/m1/s1. The van der Waals surface area contributed by atoms with Crippen molar-refractivity contribution in [2.45, 2.75) is 36.7 Å². The Balaban J connectivity index is 1.55. The van der Waals surface area contributed by atoms with Gasteiger partial charge in [0, 0.05) is 46.0 Å². The number of fused-ring (bicyclic) bond motifs is 1. The minimum absolute atomic E-state index is 0.0676. The van der Waals surface area contributed by atoms with Crippen LogP contribution < -0.4 is 21.1 Å². The summed E-state index contributed by atoms with van der Waals surface area (Å²) in [6.07, 6.45) is 2.24. The summed E-state index contributed by atoms with van der Waals surface area (Å²) in [6, 6.07) is 12.5. The van der Waals surface area contributed by atoms with Crippen molar-refractivity contribution in [2.75, 3.05) is 36.6 Å². The van der Waals surface area contributed by atoms with Crippen LogP contribution in [0.4, 0.5) is 30.8 Å². The Morgan fingerprint density at radius 1 is 1.12 bits per heavy atom. The van der Waals surface area contributed by atoms with E-state index in [2.05, 4.69) is 28.2 Å². The van der Waals surface area contributed by atoms with E-state index in [9.17, 15) is 14.0 Å². The van der Waals surface area contributed by atoms with E-state index < -0.39 is 35.7 Å². The third kappa shape index (κ3) is 6.29. The molecule has 12 heteroatoms. The number of hydrogen-bond acceptors (Lipinski definition) is 8. The molecule has 4 N–H and O–H groups in total. The minimum atomic E-state index is -1.24. The summed E-state index contributed by atoms with van der Waals surface area (Å²) in [5.74, 6) is -1.99. The summed E-state index contributed by atoms with van der Waals surface area (Å²) in [5, 5.41) is 7.31. The van der Waals surface area contributed by atoms with Crippen LogP contribution in [0.1, 0.15) is 43.0 Å². The number of aromatic nitrogens is 1. The van der Waals surface area contributed by atoms with Gasteiger partial charge in [-0.05, 0) is 79.2 Å². The Morgan fingerprint density at radius 2 is 1.91 bits per heavy atom. The zero-order valence-electron chi connectivity index (χ0n) is 23.6. The van der Waals surface area contributed by atoms with Gasteiger partial charge in [-0.15, -0.1) is 12.6 Å². The maximum absolute atomic E-state index is 15.5. The number of likely N-dealkylation sites (tertiary alicyclic amines) is 1. The van der Waals surface area contributed by atoms with Crippen molar-refractivity contribution in [3.8, 4) is 5.75 Å². The average molecular weight is 608 g/mol. The average Bonchev–Trinajstić information content (AvgIpc) is 3.48. The number of anilines is 3. The van der Waals surface area contributed by atoms with Gasteiger partial charge in [0.2, 0.25) is 5.91 Å². The quantitative estimate of drug-likeness (QED) is 0.169. The number of thiol groups is 1. The first-order chi connectivity index (χ1) is 20.7. The number of methoxy groups -OCH3 is 1. The third-order valence-corrected chi connectivity index (χ3v) is 7.78. The number of pyridine rings is 1. The van der Waals surface area contributed by atoms with Crippen LogP contribution in [0.3, 0.4) is 0 Å².